The fourth-order valence-electron chi connectivity index (χ4n) is 2.44. The summed E-state index contributed by atoms with van der Waals surface area (Å²) >= 11 is 0. The van der Waals surface area contributed by atoms with Crippen LogP contribution in [0.4, 0.5) is 0 Å². The number of furan rings is 1. The van der Waals surface area contributed by atoms with Crippen LogP contribution in [0.25, 0.3) is 0 Å². The maximum absolute atomic E-state index is 5.73. The Morgan fingerprint density at radius 1 is 1.59 bits per heavy atom. The molecule has 0 spiro atoms. The van der Waals surface area contributed by atoms with Gasteiger partial charge in [0, 0.05) is 13.7 Å². The van der Waals surface area contributed by atoms with Gasteiger partial charge in [-0.1, -0.05) is 0 Å². The highest BCUT2D eigenvalue weighted by molar-refractivity contribution is 5.19. The zero-order valence-corrected chi connectivity index (χ0v) is 10.7. The summed E-state index contributed by atoms with van der Waals surface area (Å²) in [6.07, 6.45) is 2.73. The van der Waals surface area contributed by atoms with Crippen molar-refractivity contribution in [3.8, 4) is 0 Å². The van der Waals surface area contributed by atoms with Crippen LogP contribution in [0.15, 0.2) is 10.5 Å². The average molecular weight is 238 g/mol. The first-order valence-electron chi connectivity index (χ1n) is 6.26. The molecule has 4 heteroatoms. The molecular formula is C13H22N2O2. The summed E-state index contributed by atoms with van der Waals surface area (Å²) < 4.78 is 11.1. The van der Waals surface area contributed by atoms with Crippen molar-refractivity contribution in [1.82, 2.24) is 4.90 Å². The minimum Gasteiger partial charge on any atom is -0.463 e. The van der Waals surface area contributed by atoms with Gasteiger partial charge in [-0.15, -0.1) is 0 Å². The summed E-state index contributed by atoms with van der Waals surface area (Å²) in [5.41, 5.74) is 6.77. The highest BCUT2D eigenvalue weighted by atomic mass is 16.5. The van der Waals surface area contributed by atoms with Crippen molar-refractivity contribution in [2.45, 2.75) is 39.0 Å². The Kier molecular flexibility index (Phi) is 4.20. The monoisotopic (exact) mass is 238 g/mol. The van der Waals surface area contributed by atoms with Gasteiger partial charge in [-0.25, -0.2) is 0 Å². The molecule has 1 fully saturated rings. The number of ether oxygens (including phenoxy) is 1. The average Bonchev–Trinajstić information content (AvgIpc) is 2.69. The number of hydrogen-bond acceptors (Lipinski definition) is 4. The second kappa shape index (κ2) is 5.67. The Labute approximate surface area is 103 Å². The Balaban J connectivity index is 1.95. The van der Waals surface area contributed by atoms with Gasteiger partial charge in [0.2, 0.25) is 0 Å². The molecule has 1 unspecified atom stereocenters. The normalized spacial score (nSPS) is 21.9. The lowest BCUT2D eigenvalue weighted by atomic mass is 10.1. The van der Waals surface area contributed by atoms with Crippen molar-refractivity contribution in [3.05, 3.63) is 23.2 Å². The summed E-state index contributed by atoms with van der Waals surface area (Å²) in [7, 11) is 1.79. The number of methoxy groups -OCH3 is 1. The standard InChI is InChI=1S/C13H22N2O2/c1-10-6-12(17-13(10)7-14)9-15-5-3-4-11(8-15)16-2/h6,11H,3-5,7-9,14H2,1-2H3. The quantitative estimate of drug-likeness (QED) is 0.866. The molecule has 2 N–H and O–H groups in total. The van der Waals surface area contributed by atoms with Crippen molar-refractivity contribution in [2.24, 2.45) is 5.73 Å². The first-order chi connectivity index (χ1) is 8.22. The molecule has 0 bridgehead atoms. The molecule has 0 radical (unpaired) electrons. The molecule has 1 aliphatic rings. The van der Waals surface area contributed by atoms with E-state index in [2.05, 4.69) is 11.0 Å². The molecule has 0 amide bonds. The fraction of sp³-hybridized carbons (Fsp3) is 0.692. The largest absolute Gasteiger partial charge is 0.463 e. The predicted molar refractivity (Wildman–Crippen MR) is 66.6 cm³/mol. The van der Waals surface area contributed by atoms with Crippen LogP contribution >= 0.6 is 0 Å². The molecule has 1 atom stereocenters. The minimum atomic E-state index is 0.369. The number of piperidine rings is 1. The van der Waals surface area contributed by atoms with Crippen molar-refractivity contribution in [3.63, 3.8) is 0 Å². The van der Waals surface area contributed by atoms with Crippen molar-refractivity contribution < 1.29 is 9.15 Å². The first kappa shape index (κ1) is 12.6. The number of nitrogens with two attached hydrogens (primary N) is 1. The summed E-state index contributed by atoms with van der Waals surface area (Å²) in [5, 5.41) is 0. The molecule has 1 aromatic heterocycles. The van der Waals surface area contributed by atoms with Crippen LogP contribution < -0.4 is 5.73 Å². The first-order valence-corrected chi connectivity index (χ1v) is 6.26. The Morgan fingerprint density at radius 2 is 2.41 bits per heavy atom. The van der Waals surface area contributed by atoms with E-state index in [-0.39, 0.29) is 0 Å². The van der Waals surface area contributed by atoms with Crippen LogP contribution in [0.2, 0.25) is 0 Å². The van der Waals surface area contributed by atoms with E-state index < -0.39 is 0 Å². The molecule has 0 aromatic carbocycles. The molecule has 2 rings (SSSR count). The molecular weight excluding hydrogens is 216 g/mol. The predicted octanol–water partition coefficient (Wildman–Crippen LogP) is 1.66. The smallest absolute Gasteiger partial charge is 0.120 e. The summed E-state index contributed by atoms with van der Waals surface area (Å²) in [6.45, 7) is 5.50. The third-order valence-electron chi connectivity index (χ3n) is 3.43. The van der Waals surface area contributed by atoms with E-state index in [1.165, 1.54) is 6.42 Å². The van der Waals surface area contributed by atoms with E-state index >= 15 is 0 Å². The van der Waals surface area contributed by atoms with E-state index in [4.69, 9.17) is 14.9 Å². The maximum Gasteiger partial charge on any atom is 0.120 e. The molecule has 1 aromatic rings. The number of nitrogens with zero attached hydrogens (tertiary/aromatic N) is 1. The second-order valence-electron chi connectivity index (χ2n) is 4.76. The topological polar surface area (TPSA) is 51.6 Å². The van der Waals surface area contributed by atoms with Crippen LogP contribution in [-0.2, 0) is 17.8 Å². The SMILES string of the molecule is COC1CCCN(Cc2cc(C)c(CN)o2)C1. The Morgan fingerprint density at radius 3 is 3.06 bits per heavy atom. The van der Waals surface area contributed by atoms with Crippen molar-refractivity contribution in [2.75, 3.05) is 20.2 Å². The lowest BCUT2D eigenvalue weighted by molar-refractivity contribution is 0.0262. The highest BCUT2D eigenvalue weighted by Gasteiger charge is 2.20. The number of likely N-dealkylation sites (tertiary alicyclic amines) is 1. The number of hydrogen-bond donors (Lipinski definition) is 1. The molecule has 96 valence electrons. The summed E-state index contributed by atoms with van der Waals surface area (Å²) in [5.74, 6) is 1.92. The molecule has 1 saturated heterocycles. The van der Waals surface area contributed by atoms with Crippen LogP contribution in [0.1, 0.15) is 29.9 Å². The number of aryl methyl sites for hydroxylation is 1. The maximum atomic E-state index is 5.73. The van der Waals surface area contributed by atoms with E-state index in [1.807, 2.05) is 6.92 Å². The second-order valence-corrected chi connectivity index (χ2v) is 4.76. The van der Waals surface area contributed by atoms with Gasteiger partial charge in [0.15, 0.2) is 0 Å². The third kappa shape index (κ3) is 3.09. The lowest BCUT2D eigenvalue weighted by Gasteiger charge is -2.31. The number of rotatable bonds is 4. The summed E-state index contributed by atoms with van der Waals surface area (Å²) in [4.78, 5) is 2.39. The van der Waals surface area contributed by atoms with Crippen molar-refractivity contribution in [1.29, 1.82) is 0 Å². The van der Waals surface area contributed by atoms with Gasteiger partial charge in [0.1, 0.15) is 11.5 Å². The molecule has 2 heterocycles. The molecule has 17 heavy (non-hydrogen) atoms. The Bertz CT molecular complexity index is 362. The van der Waals surface area contributed by atoms with Crippen LogP contribution in [0, 0.1) is 6.92 Å². The van der Waals surface area contributed by atoms with Crippen LogP contribution in [0.5, 0.6) is 0 Å². The molecule has 0 saturated carbocycles. The minimum absolute atomic E-state index is 0.369. The van der Waals surface area contributed by atoms with Gasteiger partial charge in [0.25, 0.3) is 0 Å². The highest BCUT2D eigenvalue weighted by Crippen LogP contribution is 2.19. The van der Waals surface area contributed by atoms with Crippen molar-refractivity contribution >= 4 is 0 Å². The summed E-state index contributed by atoms with van der Waals surface area (Å²) in [6, 6.07) is 2.10. The zero-order valence-electron chi connectivity index (χ0n) is 10.7. The van der Waals surface area contributed by atoms with Gasteiger partial charge in [-0.2, -0.15) is 0 Å². The lowest BCUT2D eigenvalue weighted by Crippen LogP contribution is -2.38. The molecule has 0 aliphatic carbocycles. The van der Waals surface area contributed by atoms with Gasteiger partial charge < -0.3 is 14.9 Å². The van der Waals surface area contributed by atoms with Crippen LogP contribution in [-0.4, -0.2) is 31.2 Å². The van der Waals surface area contributed by atoms with E-state index in [0.29, 0.717) is 12.6 Å². The Hall–Kier alpha value is -0.840. The van der Waals surface area contributed by atoms with E-state index in [0.717, 1.165) is 43.1 Å². The zero-order chi connectivity index (χ0) is 12.3. The van der Waals surface area contributed by atoms with Gasteiger partial charge in [-0.3, -0.25) is 4.90 Å². The molecule has 4 nitrogen and oxygen atoms in total. The van der Waals surface area contributed by atoms with Gasteiger partial charge >= 0.3 is 0 Å². The van der Waals surface area contributed by atoms with Gasteiger partial charge in [-0.05, 0) is 37.9 Å². The van der Waals surface area contributed by atoms with Gasteiger partial charge in [0.05, 0.1) is 19.2 Å². The van der Waals surface area contributed by atoms with Crippen LogP contribution in [0.3, 0.4) is 0 Å². The molecule has 1 aliphatic heterocycles. The van der Waals surface area contributed by atoms with E-state index in [1.54, 1.807) is 7.11 Å². The fourth-order valence-corrected chi connectivity index (χ4v) is 2.44. The third-order valence-corrected chi connectivity index (χ3v) is 3.43. The van der Waals surface area contributed by atoms with E-state index in [9.17, 15) is 0 Å².